The van der Waals surface area contributed by atoms with E-state index < -0.39 is 0 Å². The zero-order chi connectivity index (χ0) is 17.9. The fraction of sp³-hybridized carbons (Fsp3) is 0.250. The third-order valence-corrected chi connectivity index (χ3v) is 5.05. The highest BCUT2D eigenvalue weighted by atomic mass is 32.2. The van der Waals surface area contributed by atoms with Crippen molar-refractivity contribution in [3.63, 3.8) is 0 Å². The van der Waals surface area contributed by atoms with Gasteiger partial charge in [0.1, 0.15) is 17.1 Å². The Hall–Kier alpha value is -2.44. The van der Waals surface area contributed by atoms with E-state index in [0.29, 0.717) is 28.4 Å². The zero-order valence-electron chi connectivity index (χ0n) is 14.0. The molecule has 134 valence electrons. The number of aromatic hydroxyl groups is 1. The Kier molecular flexibility index (Phi) is 4.86. The first-order valence-electron chi connectivity index (χ1n) is 8.50. The molecule has 3 aromatic rings. The van der Waals surface area contributed by atoms with Crippen molar-refractivity contribution in [2.24, 2.45) is 0 Å². The molecule has 4 rings (SSSR count). The Labute approximate surface area is 154 Å². The van der Waals surface area contributed by atoms with Crippen LogP contribution >= 0.6 is 11.8 Å². The standard InChI is InChI=1S/C20H18O5S/c21-13-4-7-15(8-5-13)26-20-12-17(22)16-9-6-14(11-18(16)25-20)24-19-3-1-2-10-23-19/h4-9,11-12,19,21H,1-3,10H2. The summed E-state index contributed by atoms with van der Waals surface area (Å²) in [6.45, 7) is 0.709. The molecule has 1 aliphatic heterocycles. The van der Waals surface area contributed by atoms with E-state index in [1.807, 2.05) is 0 Å². The van der Waals surface area contributed by atoms with E-state index in [1.54, 1.807) is 42.5 Å². The third-order valence-electron chi connectivity index (χ3n) is 4.14. The molecule has 0 aliphatic carbocycles. The molecule has 1 fully saturated rings. The second-order valence-electron chi connectivity index (χ2n) is 6.10. The molecule has 1 unspecified atom stereocenters. The van der Waals surface area contributed by atoms with Crippen molar-refractivity contribution in [2.45, 2.75) is 35.5 Å². The summed E-state index contributed by atoms with van der Waals surface area (Å²) in [5.41, 5.74) is 0.375. The largest absolute Gasteiger partial charge is 0.508 e. The Balaban J connectivity index is 1.61. The van der Waals surface area contributed by atoms with Crippen molar-refractivity contribution >= 4 is 22.7 Å². The quantitative estimate of drug-likeness (QED) is 0.726. The molecule has 1 saturated heterocycles. The van der Waals surface area contributed by atoms with Crippen LogP contribution in [0, 0.1) is 0 Å². The maximum absolute atomic E-state index is 12.4. The molecule has 0 bridgehead atoms. The second kappa shape index (κ2) is 7.43. The number of hydrogen-bond acceptors (Lipinski definition) is 6. The van der Waals surface area contributed by atoms with E-state index in [0.717, 1.165) is 24.2 Å². The van der Waals surface area contributed by atoms with Crippen LogP contribution in [0.15, 0.2) is 67.7 Å². The Morgan fingerprint density at radius 1 is 1.08 bits per heavy atom. The monoisotopic (exact) mass is 370 g/mol. The van der Waals surface area contributed by atoms with Gasteiger partial charge in [-0.1, -0.05) is 11.8 Å². The maximum Gasteiger partial charge on any atom is 0.199 e. The summed E-state index contributed by atoms with van der Waals surface area (Å²) < 4.78 is 17.3. The van der Waals surface area contributed by atoms with Gasteiger partial charge in [0.25, 0.3) is 0 Å². The summed E-state index contributed by atoms with van der Waals surface area (Å²) >= 11 is 1.32. The molecule has 0 saturated carbocycles. The zero-order valence-corrected chi connectivity index (χ0v) is 14.8. The summed E-state index contributed by atoms with van der Waals surface area (Å²) in [6.07, 6.45) is 2.76. The van der Waals surface area contributed by atoms with Gasteiger partial charge in [-0.15, -0.1) is 0 Å². The van der Waals surface area contributed by atoms with Crippen LogP contribution in [-0.4, -0.2) is 18.0 Å². The lowest BCUT2D eigenvalue weighted by Gasteiger charge is -2.23. The third kappa shape index (κ3) is 3.86. The first-order chi connectivity index (χ1) is 12.7. The lowest BCUT2D eigenvalue weighted by molar-refractivity contribution is -0.105. The number of ether oxygens (including phenoxy) is 2. The first kappa shape index (κ1) is 17.0. The summed E-state index contributed by atoms with van der Waals surface area (Å²) in [7, 11) is 0. The summed E-state index contributed by atoms with van der Waals surface area (Å²) in [5, 5.41) is 10.4. The average molecular weight is 370 g/mol. The van der Waals surface area contributed by atoms with Crippen LogP contribution in [0.3, 0.4) is 0 Å². The van der Waals surface area contributed by atoms with Crippen molar-refractivity contribution in [2.75, 3.05) is 6.61 Å². The highest BCUT2D eigenvalue weighted by Gasteiger charge is 2.16. The molecule has 2 heterocycles. The molecule has 1 aliphatic rings. The molecular weight excluding hydrogens is 352 g/mol. The fourth-order valence-corrected chi connectivity index (χ4v) is 3.63. The number of benzene rings is 2. The molecule has 6 heteroatoms. The lowest BCUT2D eigenvalue weighted by Crippen LogP contribution is -2.24. The predicted molar refractivity (Wildman–Crippen MR) is 98.9 cm³/mol. The molecule has 5 nitrogen and oxygen atoms in total. The molecular formula is C20H18O5S. The van der Waals surface area contributed by atoms with Crippen LogP contribution < -0.4 is 10.2 Å². The predicted octanol–water partition coefficient (Wildman–Crippen LogP) is 4.56. The van der Waals surface area contributed by atoms with Gasteiger partial charge in [0.2, 0.25) is 0 Å². The van der Waals surface area contributed by atoms with Crippen LogP contribution in [-0.2, 0) is 4.74 Å². The summed E-state index contributed by atoms with van der Waals surface area (Å²) in [5.74, 6) is 0.820. The topological polar surface area (TPSA) is 68.9 Å². The first-order valence-corrected chi connectivity index (χ1v) is 9.32. The SMILES string of the molecule is O=c1cc(Sc2ccc(O)cc2)oc2cc(OC3CCCCO3)ccc12. The van der Waals surface area contributed by atoms with Crippen LogP contribution in [0.5, 0.6) is 11.5 Å². The van der Waals surface area contributed by atoms with Gasteiger partial charge in [-0.2, -0.15) is 0 Å². The summed E-state index contributed by atoms with van der Waals surface area (Å²) in [4.78, 5) is 13.2. The van der Waals surface area contributed by atoms with Crippen LogP contribution in [0.2, 0.25) is 0 Å². The van der Waals surface area contributed by atoms with E-state index in [-0.39, 0.29) is 17.5 Å². The molecule has 0 radical (unpaired) electrons. The van der Waals surface area contributed by atoms with Gasteiger partial charge < -0.3 is 19.0 Å². The van der Waals surface area contributed by atoms with Gasteiger partial charge in [-0.25, -0.2) is 0 Å². The van der Waals surface area contributed by atoms with E-state index in [9.17, 15) is 9.90 Å². The number of hydrogen-bond donors (Lipinski definition) is 1. The van der Waals surface area contributed by atoms with E-state index in [4.69, 9.17) is 13.9 Å². The smallest absolute Gasteiger partial charge is 0.199 e. The molecule has 26 heavy (non-hydrogen) atoms. The van der Waals surface area contributed by atoms with Crippen LogP contribution in [0.1, 0.15) is 19.3 Å². The van der Waals surface area contributed by atoms with Crippen molar-refractivity contribution in [1.29, 1.82) is 0 Å². The minimum atomic E-state index is -0.248. The van der Waals surface area contributed by atoms with Crippen molar-refractivity contribution in [3.8, 4) is 11.5 Å². The Morgan fingerprint density at radius 2 is 1.92 bits per heavy atom. The molecule has 1 N–H and O–H groups in total. The fourth-order valence-electron chi connectivity index (χ4n) is 2.82. The molecule has 0 spiro atoms. The number of rotatable bonds is 4. The molecule has 0 amide bonds. The van der Waals surface area contributed by atoms with Gasteiger partial charge in [0, 0.05) is 23.4 Å². The van der Waals surface area contributed by atoms with Gasteiger partial charge in [-0.3, -0.25) is 4.79 Å². The molecule has 1 aromatic heterocycles. The van der Waals surface area contributed by atoms with E-state index in [1.165, 1.54) is 17.8 Å². The highest BCUT2D eigenvalue weighted by Crippen LogP contribution is 2.31. The van der Waals surface area contributed by atoms with Gasteiger partial charge >= 0.3 is 0 Å². The van der Waals surface area contributed by atoms with Gasteiger partial charge in [-0.05, 0) is 49.2 Å². The van der Waals surface area contributed by atoms with E-state index in [2.05, 4.69) is 0 Å². The van der Waals surface area contributed by atoms with Crippen LogP contribution in [0.25, 0.3) is 11.0 Å². The number of phenolic OH excluding ortho intramolecular Hbond substituents is 1. The minimum absolute atomic E-state index is 0.104. The second-order valence-corrected chi connectivity index (χ2v) is 7.18. The van der Waals surface area contributed by atoms with Crippen molar-refractivity contribution in [3.05, 3.63) is 58.8 Å². The minimum Gasteiger partial charge on any atom is -0.508 e. The number of fused-ring (bicyclic) bond motifs is 1. The highest BCUT2D eigenvalue weighted by molar-refractivity contribution is 7.99. The normalized spacial score (nSPS) is 17.3. The van der Waals surface area contributed by atoms with Crippen LogP contribution in [0.4, 0.5) is 0 Å². The van der Waals surface area contributed by atoms with Gasteiger partial charge in [0.15, 0.2) is 16.8 Å². The van der Waals surface area contributed by atoms with E-state index >= 15 is 0 Å². The molecule has 2 aromatic carbocycles. The lowest BCUT2D eigenvalue weighted by atomic mass is 10.2. The van der Waals surface area contributed by atoms with Crippen molar-refractivity contribution in [1.82, 2.24) is 0 Å². The number of phenols is 1. The maximum atomic E-state index is 12.4. The van der Waals surface area contributed by atoms with Crippen molar-refractivity contribution < 1.29 is 19.0 Å². The van der Waals surface area contributed by atoms with Gasteiger partial charge in [0.05, 0.1) is 12.0 Å². The molecule has 1 atom stereocenters. The average Bonchev–Trinajstić information content (AvgIpc) is 2.64. The Morgan fingerprint density at radius 3 is 2.69 bits per heavy atom. The summed E-state index contributed by atoms with van der Waals surface area (Å²) in [6, 6.07) is 13.4. The Bertz CT molecular complexity index is 958.